The molecule has 0 amide bonds. The second-order valence-electron chi connectivity index (χ2n) is 9.43. The minimum atomic E-state index is -0.0249. The summed E-state index contributed by atoms with van der Waals surface area (Å²) in [4.78, 5) is 7.43. The summed E-state index contributed by atoms with van der Waals surface area (Å²) in [7, 11) is 0. The van der Waals surface area contributed by atoms with Crippen molar-refractivity contribution in [3.05, 3.63) is 114 Å². The fourth-order valence-corrected chi connectivity index (χ4v) is 4.74. The summed E-state index contributed by atoms with van der Waals surface area (Å²) in [5.74, 6) is 7.75. The molecule has 0 saturated heterocycles. The van der Waals surface area contributed by atoms with Crippen LogP contribution in [0.4, 0.5) is 5.69 Å². The minimum Gasteiger partial charge on any atom is -0.295 e. The number of allylic oxidation sites excluding steroid dienone is 7. The van der Waals surface area contributed by atoms with Crippen molar-refractivity contribution in [2.24, 2.45) is 10.9 Å². The van der Waals surface area contributed by atoms with Crippen LogP contribution in [0.15, 0.2) is 113 Å². The molecular formula is C34H36N2. The Hall–Kier alpha value is -3.83. The lowest BCUT2D eigenvalue weighted by Crippen LogP contribution is -2.34. The summed E-state index contributed by atoms with van der Waals surface area (Å²) in [5, 5.41) is 0. The van der Waals surface area contributed by atoms with Crippen molar-refractivity contribution in [2.75, 3.05) is 4.90 Å². The Morgan fingerprint density at radius 3 is 2.53 bits per heavy atom. The van der Waals surface area contributed by atoms with E-state index in [1.165, 1.54) is 16.7 Å². The van der Waals surface area contributed by atoms with Crippen LogP contribution in [0.5, 0.6) is 0 Å². The molecule has 0 aliphatic carbocycles. The van der Waals surface area contributed by atoms with Gasteiger partial charge in [-0.1, -0.05) is 111 Å². The van der Waals surface area contributed by atoms with Gasteiger partial charge in [-0.15, -0.1) is 0 Å². The van der Waals surface area contributed by atoms with E-state index in [4.69, 9.17) is 4.99 Å². The van der Waals surface area contributed by atoms with Gasteiger partial charge in [0.2, 0.25) is 0 Å². The highest BCUT2D eigenvalue weighted by Gasteiger charge is 2.29. The van der Waals surface area contributed by atoms with Crippen LogP contribution in [0.2, 0.25) is 0 Å². The molecule has 0 radical (unpaired) electrons. The lowest BCUT2D eigenvalue weighted by atomic mass is 9.92. The number of amidine groups is 1. The fraction of sp³-hybridized carbons (Fsp3) is 0.265. The molecule has 2 atom stereocenters. The van der Waals surface area contributed by atoms with Crippen molar-refractivity contribution in [1.29, 1.82) is 0 Å². The van der Waals surface area contributed by atoms with Gasteiger partial charge in [0.15, 0.2) is 0 Å². The number of fused-ring (bicyclic) bond motifs is 6. The molecule has 182 valence electrons. The van der Waals surface area contributed by atoms with Gasteiger partial charge in [-0.2, -0.15) is 0 Å². The van der Waals surface area contributed by atoms with Crippen molar-refractivity contribution in [3.63, 3.8) is 0 Å². The Bertz CT molecular complexity index is 1340. The van der Waals surface area contributed by atoms with E-state index in [0.717, 1.165) is 47.6 Å². The number of hydrogen-bond acceptors (Lipinski definition) is 2. The molecule has 0 fully saturated rings. The lowest BCUT2D eigenvalue weighted by molar-refractivity contribution is 0.891. The van der Waals surface area contributed by atoms with Crippen LogP contribution in [-0.2, 0) is 0 Å². The van der Waals surface area contributed by atoms with Crippen LogP contribution >= 0.6 is 0 Å². The first kappa shape index (κ1) is 25.3. The van der Waals surface area contributed by atoms with E-state index in [-0.39, 0.29) is 12.0 Å². The second-order valence-corrected chi connectivity index (χ2v) is 9.43. The summed E-state index contributed by atoms with van der Waals surface area (Å²) in [5.41, 5.74) is 8.01. The number of hydrogen-bond donors (Lipinski definition) is 0. The Morgan fingerprint density at radius 2 is 1.78 bits per heavy atom. The molecular weight excluding hydrogens is 436 g/mol. The Balaban J connectivity index is 1.80. The third-order valence-corrected chi connectivity index (χ3v) is 6.45. The number of benzene rings is 2. The minimum absolute atomic E-state index is 0.00275. The van der Waals surface area contributed by atoms with Gasteiger partial charge in [0.05, 0.1) is 17.6 Å². The number of anilines is 1. The molecule has 2 aliphatic heterocycles. The Morgan fingerprint density at radius 1 is 1.06 bits per heavy atom. The summed E-state index contributed by atoms with van der Waals surface area (Å²) in [6, 6.07) is 17.0. The molecule has 0 bridgehead atoms. The van der Waals surface area contributed by atoms with Crippen molar-refractivity contribution in [2.45, 2.75) is 53.0 Å². The average Bonchev–Trinajstić information content (AvgIpc) is 2.94. The highest BCUT2D eigenvalue weighted by molar-refractivity contribution is 6.20. The summed E-state index contributed by atoms with van der Waals surface area (Å²) < 4.78 is 0. The first-order valence-electron chi connectivity index (χ1n) is 13.0. The van der Waals surface area contributed by atoms with E-state index in [1.54, 1.807) is 0 Å². The van der Waals surface area contributed by atoms with Crippen LogP contribution in [0.3, 0.4) is 0 Å². The maximum atomic E-state index is 5.24. The van der Waals surface area contributed by atoms with Gasteiger partial charge in [0, 0.05) is 16.8 Å². The van der Waals surface area contributed by atoms with Crippen molar-refractivity contribution >= 4 is 11.5 Å². The maximum Gasteiger partial charge on any atom is 0.141 e. The third-order valence-electron chi connectivity index (χ3n) is 6.45. The van der Waals surface area contributed by atoms with Gasteiger partial charge < -0.3 is 0 Å². The van der Waals surface area contributed by atoms with Crippen LogP contribution < -0.4 is 4.90 Å². The molecule has 4 rings (SSSR count). The smallest absolute Gasteiger partial charge is 0.141 e. The molecule has 2 heteroatoms. The Labute approximate surface area is 217 Å². The third kappa shape index (κ3) is 5.52. The molecule has 2 nitrogen and oxygen atoms in total. The van der Waals surface area contributed by atoms with Crippen molar-refractivity contribution < 1.29 is 0 Å². The monoisotopic (exact) mass is 472 g/mol. The van der Waals surface area contributed by atoms with Crippen LogP contribution in [0.1, 0.15) is 52.5 Å². The zero-order valence-electron chi connectivity index (χ0n) is 22.0. The number of para-hydroxylation sites is 1. The number of aliphatic imine (C=N–C) groups is 1. The molecule has 0 aromatic heterocycles. The van der Waals surface area contributed by atoms with Gasteiger partial charge in [-0.05, 0) is 56.0 Å². The van der Waals surface area contributed by atoms with Crippen LogP contribution in [-0.4, -0.2) is 11.9 Å². The van der Waals surface area contributed by atoms with Gasteiger partial charge in [-0.3, -0.25) is 9.89 Å². The van der Waals surface area contributed by atoms with Crippen LogP contribution in [0, 0.1) is 17.8 Å². The molecule has 2 aliphatic rings. The van der Waals surface area contributed by atoms with Gasteiger partial charge >= 0.3 is 0 Å². The van der Waals surface area contributed by atoms with Crippen LogP contribution in [0.25, 0.3) is 11.1 Å². The lowest BCUT2D eigenvalue weighted by Gasteiger charge is -2.34. The zero-order valence-corrected chi connectivity index (χ0v) is 22.0. The first-order valence-corrected chi connectivity index (χ1v) is 13.0. The normalized spacial score (nSPS) is 21.8. The molecule has 0 spiro atoms. The average molecular weight is 473 g/mol. The molecule has 36 heavy (non-hydrogen) atoms. The SMILES string of the molecule is C=C1/C=C\C(C(C#C/C=C(\C)CCC)/C=C/CC)=C/C(C)/N=C2/c3ccccc3-c3ccccc3N12. The number of rotatable bonds is 5. The molecule has 0 N–H and O–H groups in total. The predicted molar refractivity (Wildman–Crippen MR) is 156 cm³/mol. The van der Waals surface area contributed by atoms with Gasteiger partial charge in [0.25, 0.3) is 0 Å². The molecule has 2 heterocycles. The summed E-state index contributed by atoms with van der Waals surface area (Å²) in [6.45, 7) is 13.1. The highest BCUT2D eigenvalue weighted by Crippen LogP contribution is 2.41. The highest BCUT2D eigenvalue weighted by atomic mass is 15.2. The van der Waals surface area contributed by atoms with E-state index < -0.39 is 0 Å². The molecule has 2 unspecified atom stereocenters. The fourth-order valence-electron chi connectivity index (χ4n) is 4.74. The predicted octanol–water partition coefficient (Wildman–Crippen LogP) is 8.65. The first-order chi connectivity index (χ1) is 17.5. The Kier molecular flexibility index (Phi) is 8.24. The summed E-state index contributed by atoms with van der Waals surface area (Å²) >= 11 is 0. The summed E-state index contributed by atoms with van der Waals surface area (Å²) in [6.07, 6.45) is 16.2. The molecule has 2 aromatic rings. The molecule has 2 aromatic carbocycles. The van der Waals surface area contributed by atoms with E-state index in [9.17, 15) is 0 Å². The van der Waals surface area contributed by atoms with Gasteiger partial charge in [0.1, 0.15) is 5.84 Å². The van der Waals surface area contributed by atoms with Crippen molar-refractivity contribution in [1.82, 2.24) is 0 Å². The van der Waals surface area contributed by atoms with E-state index in [0.29, 0.717) is 0 Å². The largest absolute Gasteiger partial charge is 0.295 e. The number of nitrogens with zero attached hydrogens (tertiary/aromatic N) is 2. The topological polar surface area (TPSA) is 15.6 Å². The molecule has 0 saturated carbocycles. The second kappa shape index (κ2) is 11.7. The van der Waals surface area contributed by atoms with E-state index in [2.05, 4.69) is 136 Å². The van der Waals surface area contributed by atoms with Gasteiger partial charge in [-0.25, -0.2) is 0 Å². The van der Waals surface area contributed by atoms with E-state index >= 15 is 0 Å². The standard InChI is InChI=1S/C34H36N2/c1-6-8-16-28(17-13-15-25(3)14-7-2)29-23-22-27(5)36-33-21-12-11-19-31(33)30-18-9-10-20-32(30)34(36)35-26(4)24-29/h8-12,15-16,18-24,26,28H,5-7,14H2,1-4H3/b16-8+,23-22-,25-15+,29-24+,35-34-. The zero-order chi connectivity index (χ0) is 25.5. The van der Waals surface area contributed by atoms with E-state index in [1.807, 2.05) is 0 Å². The van der Waals surface area contributed by atoms with Crippen molar-refractivity contribution in [3.8, 4) is 23.0 Å². The maximum absolute atomic E-state index is 5.24. The quantitative estimate of drug-likeness (QED) is 0.314.